The molecule has 0 unspecified atom stereocenters. The normalized spacial score (nSPS) is 21.2. The lowest BCUT2D eigenvalue weighted by Gasteiger charge is -2.36. The third-order valence-corrected chi connectivity index (χ3v) is 5.81. The molecule has 7 heteroatoms. The highest BCUT2D eigenvalue weighted by Crippen LogP contribution is 2.43. The van der Waals surface area contributed by atoms with Gasteiger partial charge in [-0.1, -0.05) is 23.2 Å². The van der Waals surface area contributed by atoms with Crippen molar-refractivity contribution in [1.29, 1.82) is 0 Å². The van der Waals surface area contributed by atoms with E-state index in [1.54, 1.807) is 35.9 Å². The van der Waals surface area contributed by atoms with Gasteiger partial charge in [0.2, 0.25) is 0 Å². The second kappa shape index (κ2) is 6.07. The van der Waals surface area contributed by atoms with Crippen LogP contribution >= 0.6 is 23.2 Å². The number of nitrogens with zero attached hydrogens (tertiary/aromatic N) is 2. The summed E-state index contributed by atoms with van der Waals surface area (Å²) in [5.41, 5.74) is 2.74. The monoisotopic (exact) mass is 377 g/mol. The fourth-order valence-electron chi connectivity index (χ4n) is 3.88. The van der Waals surface area contributed by atoms with Crippen LogP contribution in [-0.2, 0) is 13.5 Å². The van der Waals surface area contributed by atoms with E-state index in [0.717, 1.165) is 30.4 Å². The Morgan fingerprint density at radius 1 is 1.20 bits per heavy atom. The second-order valence-corrected chi connectivity index (χ2v) is 7.43. The molecule has 25 heavy (non-hydrogen) atoms. The molecule has 1 saturated heterocycles. The molecule has 2 aliphatic heterocycles. The topological polar surface area (TPSA) is 54.3 Å². The molecule has 4 rings (SSSR count). The molecule has 1 N–H and O–H groups in total. The van der Waals surface area contributed by atoms with E-state index in [0.29, 0.717) is 15.7 Å². The van der Waals surface area contributed by atoms with Gasteiger partial charge in [-0.25, -0.2) is 4.79 Å². The number of hydrogen-bond donors (Lipinski definition) is 1. The number of nitrogens with one attached hydrogen (secondary N) is 1. The summed E-state index contributed by atoms with van der Waals surface area (Å²) in [6.45, 7) is 0. The van der Waals surface area contributed by atoms with Crippen molar-refractivity contribution in [2.75, 3.05) is 5.32 Å². The van der Waals surface area contributed by atoms with E-state index in [2.05, 4.69) is 5.32 Å². The Labute approximate surface area is 155 Å². The van der Waals surface area contributed by atoms with E-state index in [1.165, 1.54) is 0 Å². The van der Waals surface area contributed by atoms with Crippen molar-refractivity contribution in [1.82, 2.24) is 9.47 Å². The molecule has 130 valence electrons. The number of urea groups is 1. The van der Waals surface area contributed by atoms with Crippen LogP contribution in [0.4, 0.5) is 10.5 Å². The molecular weight excluding hydrogens is 361 g/mol. The number of aromatic nitrogens is 1. The molecule has 2 aliphatic rings. The van der Waals surface area contributed by atoms with E-state index in [-0.39, 0.29) is 23.7 Å². The van der Waals surface area contributed by atoms with Crippen LogP contribution < -0.4 is 10.9 Å². The number of carbonyl (C=O) groups excluding carboxylic acids is 1. The summed E-state index contributed by atoms with van der Waals surface area (Å²) in [4.78, 5) is 26.6. The van der Waals surface area contributed by atoms with Gasteiger partial charge < -0.3 is 14.8 Å². The fraction of sp³-hybridized carbons (Fsp3) is 0.333. The van der Waals surface area contributed by atoms with E-state index in [4.69, 9.17) is 23.2 Å². The van der Waals surface area contributed by atoms with Gasteiger partial charge >= 0.3 is 6.03 Å². The molecule has 0 saturated carbocycles. The van der Waals surface area contributed by atoms with E-state index < -0.39 is 0 Å². The molecule has 2 amide bonds. The van der Waals surface area contributed by atoms with Gasteiger partial charge in [0.25, 0.3) is 5.56 Å². The van der Waals surface area contributed by atoms with Crippen molar-refractivity contribution in [2.24, 2.45) is 7.05 Å². The highest BCUT2D eigenvalue weighted by molar-refractivity contribution is 6.42. The fourth-order valence-corrected chi connectivity index (χ4v) is 4.18. The number of aryl methyl sites for hydroxylation is 1. The summed E-state index contributed by atoms with van der Waals surface area (Å²) >= 11 is 11.9. The Kier molecular flexibility index (Phi) is 4.01. The summed E-state index contributed by atoms with van der Waals surface area (Å²) in [5.74, 6) is 0. The average molecular weight is 378 g/mol. The minimum atomic E-state index is -0.148. The molecule has 2 atom stereocenters. The van der Waals surface area contributed by atoms with Gasteiger partial charge in [0.1, 0.15) is 0 Å². The zero-order valence-corrected chi connectivity index (χ0v) is 15.1. The van der Waals surface area contributed by atoms with Gasteiger partial charge in [-0.15, -0.1) is 0 Å². The molecular formula is C18H17Cl2N3O2. The van der Waals surface area contributed by atoms with Crippen LogP contribution in [-0.4, -0.2) is 21.5 Å². The lowest BCUT2D eigenvalue weighted by Crippen LogP contribution is -2.44. The Morgan fingerprint density at radius 3 is 2.76 bits per heavy atom. The summed E-state index contributed by atoms with van der Waals surface area (Å²) in [7, 11) is 1.74. The summed E-state index contributed by atoms with van der Waals surface area (Å²) in [5, 5.41) is 3.77. The molecule has 1 fully saturated rings. The Morgan fingerprint density at radius 2 is 2.00 bits per heavy atom. The van der Waals surface area contributed by atoms with Crippen molar-refractivity contribution in [2.45, 2.75) is 31.3 Å². The first-order valence-corrected chi connectivity index (χ1v) is 8.93. The number of anilines is 1. The number of hydrogen-bond acceptors (Lipinski definition) is 2. The largest absolute Gasteiger partial charge is 0.322 e. The Hall–Kier alpha value is -1.98. The molecule has 2 bridgehead atoms. The minimum Gasteiger partial charge on any atom is -0.318 e. The van der Waals surface area contributed by atoms with Gasteiger partial charge in [0.05, 0.1) is 16.1 Å². The van der Waals surface area contributed by atoms with Crippen LogP contribution in [0.1, 0.15) is 30.0 Å². The molecule has 1 aromatic carbocycles. The maximum atomic E-state index is 12.9. The van der Waals surface area contributed by atoms with Gasteiger partial charge in [0.15, 0.2) is 0 Å². The number of amides is 2. The third-order valence-electron chi connectivity index (χ3n) is 5.07. The zero-order valence-electron chi connectivity index (χ0n) is 13.6. The highest BCUT2D eigenvalue weighted by atomic mass is 35.5. The Bertz CT molecular complexity index is 925. The van der Waals surface area contributed by atoms with Crippen molar-refractivity contribution >= 4 is 34.9 Å². The summed E-state index contributed by atoms with van der Waals surface area (Å²) in [6.07, 6.45) is 4.43. The van der Waals surface area contributed by atoms with Gasteiger partial charge in [0, 0.05) is 31.0 Å². The second-order valence-electron chi connectivity index (χ2n) is 6.62. The number of rotatable bonds is 1. The van der Waals surface area contributed by atoms with Crippen LogP contribution in [0.5, 0.6) is 0 Å². The van der Waals surface area contributed by atoms with Gasteiger partial charge in [-0.2, -0.15) is 0 Å². The predicted octanol–water partition coefficient (Wildman–Crippen LogP) is 3.99. The maximum absolute atomic E-state index is 12.9. The lowest BCUT2D eigenvalue weighted by atomic mass is 9.95. The standard InChI is InChI=1S/C18H17Cl2N3O2/c1-22-9-13-10(7-17(22)24)6-12-3-5-16(13)23(12)18(25)21-11-2-4-14(19)15(20)8-11/h2,4,7-9,12,16H,3,5-6H2,1H3,(H,21,25)/t12-,16+/m0/s1. The van der Waals surface area contributed by atoms with Gasteiger partial charge in [-0.05, 0) is 48.6 Å². The van der Waals surface area contributed by atoms with Crippen LogP contribution in [0, 0.1) is 0 Å². The van der Waals surface area contributed by atoms with Crippen LogP contribution in [0.3, 0.4) is 0 Å². The first-order valence-electron chi connectivity index (χ1n) is 8.18. The molecule has 0 aliphatic carbocycles. The molecule has 1 aromatic heterocycles. The minimum absolute atomic E-state index is 0.00308. The molecule has 0 spiro atoms. The van der Waals surface area contributed by atoms with Crippen LogP contribution in [0.15, 0.2) is 35.3 Å². The molecule has 3 heterocycles. The van der Waals surface area contributed by atoms with Crippen molar-refractivity contribution < 1.29 is 4.79 Å². The third kappa shape index (κ3) is 2.81. The summed E-state index contributed by atoms with van der Waals surface area (Å²) in [6, 6.07) is 6.71. The number of halogens is 2. The van der Waals surface area contributed by atoms with Crippen molar-refractivity contribution in [3.8, 4) is 0 Å². The predicted molar refractivity (Wildman–Crippen MR) is 98.5 cm³/mol. The van der Waals surface area contributed by atoms with Crippen LogP contribution in [0.25, 0.3) is 0 Å². The quantitative estimate of drug-likeness (QED) is 0.816. The zero-order chi connectivity index (χ0) is 17.7. The first-order chi connectivity index (χ1) is 11.9. The average Bonchev–Trinajstić information content (AvgIpc) is 2.89. The number of carbonyl (C=O) groups is 1. The van der Waals surface area contributed by atoms with Crippen LogP contribution in [0.2, 0.25) is 10.0 Å². The Balaban J connectivity index is 1.62. The van der Waals surface area contributed by atoms with Gasteiger partial charge in [-0.3, -0.25) is 4.79 Å². The number of fused-ring (bicyclic) bond motifs is 4. The van der Waals surface area contributed by atoms with E-state index in [1.807, 2.05) is 11.1 Å². The lowest BCUT2D eigenvalue weighted by molar-refractivity contribution is 0.179. The first kappa shape index (κ1) is 16.5. The SMILES string of the molecule is Cn1cc2c(cc1=O)C[C@@H]1CC[C@H]2N1C(=O)Nc1ccc(Cl)c(Cl)c1. The highest BCUT2D eigenvalue weighted by Gasteiger charge is 2.42. The molecule has 0 radical (unpaired) electrons. The van der Waals surface area contributed by atoms with E-state index in [9.17, 15) is 9.59 Å². The maximum Gasteiger partial charge on any atom is 0.322 e. The number of benzene rings is 1. The smallest absolute Gasteiger partial charge is 0.318 e. The van der Waals surface area contributed by atoms with Crippen molar-refractivity contribution in [3.63, 3.8) is 0 Å². The summed E-state index contributed by atoms with van der Waals surface area (Å²) < 4.78 is 1.58. The van der Waals surface area contributed by atoms with Crippen molar-refractivity contribution in [3.05, 3.63) is 62.0 Å². The molecule has 5 nitrogen and oxygen atoms in total. The van der Waals surface area contributed by atoms with E-state index >= 15 is 0 Å². The molecule has 2 aromatic rings. The number of pyridine rings is 1.